The number of aromatic nitrogens is 2. The quantitative estimate of drug-likeness (QED) is 0.759. The molecule has 0 aliphatic heterocycles. The molecule has 0 saturated heterocycles. The van der Waals surface area contributed by atoms with E-state index in [0.29, 0.717) is 13.0 Å². The first-order chi connectivity index (χ1) is 10.8. The van der Waals surface area contributed by atoms with Crippen molar-refractivity contribution < 1.29 is 9.53 Å². The van der Waals surface area contributed by atoms with Gasteiger partial charge in [0, 0.05) is 24.3 Å². The molecule has 3 rings (SSSR count). The van der Waals surface area contributed by atoms with Gasteiger partial charge < -0.3 is 15.0 Å². The number of hydrogen-bond acceptors (Lipinski definition) is 3. The lowest BCUT2D eigenvalue weighted by Crippen LogP contribution is -2.24. The summed E-state index contributed by atoms with van der Waals surface area (Å²) >= 11 is 0. The van der Waals surface area contributed by atoms with Crippen LogP contribution in [-0.2, 0) is 17.8 Å². The van der Waals surface area contributed by atoms with Crippen LogP contribution in [0.4, 0.5) is 0 Å². The number of nitrogens with zero attached hydrogens (tertiary/aromatic N) is 1. The van der Waals surface area contributed by atoms with Crippen LogP contribution < -0.4 is 10.1 Å². The smallest absolute Gasteiger partial charge is 0.224 e. The first-order valence-corrected chi connectivity index (χ1v) is 7.07. The molecule has 2 heterocycles. The van der Waals surface area contributed by atoms with Gasteiger partial charge in [-0.2, -0.15) is 0 Å². The maximum Gasteiger partial charge on any atom is 0.224 e. The summed E-state index contributed by atoms with van der Waals surface area (Å²) < 4.78 is 5.17. The summed E-state index contributed by atoms with van der Waals surface area (Å²) in [5, 5.41) is 3.91. The van der Waals surface area contributed by atoms with Crippen molar-refractivity contribution in [2.75, 3.05) is 7.11 Å². The number of benzene rings is 1. The van der Waals surface area contributed by atoms with Crippen LogP contribution in [0.3, 0.4) is 0 Å². The number of nitrogens with one attached hydrogen (secondary N) is 2. The lowest BCUT2D eigenvalue weighted by Gasteiger charge is -2.06. The van der Waals surface area contributed by atoms with Crippen molar-refractivity contribution in [3.8, 4) is 5.75 Å². The van der Waals surface area contributed by atoms with Crippen LogP contribution in [0.15, 0.2) is 48.8 Å². The van der Waals surface area contributed by atoms with Gasteiger partial charge in [0.25, 0.3) is 0 Å². The fourth-order valence-electron chi connectivity index (χ4n) is 2.38. The Morgan fingerprint density at radius 3 is 3.09 bits per heavy atom. The number of amides is 1. The summed E-state index contributed by atoms with van der Waals surface area (Å²) in [6.45, 7) is 0.483. The van der Waals surface area contributed by atoms with Gasteiger partial charge >= 0.3 is 0 Å². The number of pyridine rings is 1. The van der Waals surface area contributed by atoms with E-state index in [9.17, 15) is 4.79 Å². The Morgan fingerprint density at radius 1 is 1.32 bits per heavy atom. The second kappa shape index (κ2) is 6.30. The summed E-state index contributed by atoms with van der Waals surface area (Å²) in [6.07, 6.45) is 3.89. The van der Waals surface area contributed by atoms with Crippen LogP contribution in [0.1, 0.15) is 11.1 Å². The van der Waals surface area contributed by atoms with Gasteiger partial charge in [-0.1, -0.05) is 12.1 Å². The van der Waals surface area contributed by atoms with Crippen molar-refractivity contribution in [1.29, 1.82) is 0 Å². The van der Waals surface area contributed by atoms with E-state index in [2.05, 4.69) is 15.3 Å². The highest BCUT2D eigenvalue weighted by molar-refractivity contribution is 5.87. The molecule has 0 fully saturated rings. The zero-order chi connectivity index (χ0) is 15.4. The maximum absolute atomic E-state index is 12.1. The van der Waals surface area contributed by atoms with Crippen LogP contribution in [0, 0.1) is 0 Å². The van der Waals surface area contributed by atoms with Gasteiger partial charge in [0.2, 0.25) is 5.91 Å². The van der Waals surface area contributed by atoms with Crippen molar-refractivity contribution >= 4 is 16.9 Å². The number of hydrogen-bond donors (Lipinski definition) is 2. The minimum absolute atomic E-state index is 0.0208. The van der Waals surface area contributed by atoms with Crippen molar-refractivity contribution in [2.45, 2.75) is 13.0 Å². The highest BCUT2D eigenvalue weighted by Crippen LogP contribution is 2.16. The lowest BCUT2D eigenvalue weighted by atomic mass is 10.1. The molecule has 0 saturated carbocycles. The average Bonchev–Trinajstić information content (AvgIpc) is 2.96. The van der Waals surface area contributed by atoms with Gasteiger partial charge in [-0.3, -0.25) is 4.79 Å². The van der Waals surface area contributed by atoms with Gasteiger partial charge in [0.15, 0.2) is 0 Å². The van der Waals surface area contributed by atoms with Crippen LogP contribution in [0.25, 0.3) is 11.0 Å². The van der Waals surface area contributed by atoms with Crippen molar-refractivity contribution in [3.63, 3.8) is 0 Å². The Bertz CT molecular complexity index is 795. The fourth-order valence-corrected chi connectivity index (χ4v) is 2.38. The molecule has 1 amide bonds. The third-order valence-electron chi connectivity index (χ3n) is 3.51. The molecular weight excluding hydrogens is 278 g/mol. The minimum Gasteiger partial charge on any atom is -0.497 e. The lowest BCUT2D eigenvalue weighted by molar-refractivity contribution is -0.120. The van der Waals surface area contributed by atoms with Crippen molar-refractivity contribution in [1.82, 2.24) is 15.3 Å². The first kappa shape index (κ1) is 14.1. The van der Waals surface area contributed by atoms with Gasteiger partial charge in [-0.15, -0.1) is 0 Å². The van der Waals surface area contributed by atoms with Gasteiger partial charge in [0.05, 0.1) is 13.5 Å². The van der Waals surface area contributed by atoms with E-state index in [1.54, 1.807) is 13.3 Å². The number of rotatable bonds is 5. The molecule has 112 valence electrons. The third kappa shape index (κ3) is 3.09. The Labute approximate surface area is 128 Å². The molecule has 0 spiro atoms. The van der Waals surface area contributed by atoms with E-state index < -0.39 is 0 Å². The fraction of sp³-hybridized carbons (Fsp3) is 0.176. The normalized spacial score (nSPS) is 10.6. The molecule has 0 bridgehead atoms. The second-order valence-electron chi connectivity index (χ2n) is 5.02. The predicted molar refractivity (Wildman–Crippen MR) is 84.6 cm³/mol. The van der Waals surface area contributed by atoms with E-state index in [1.165, 1.54) is 0 Å². The summed E-state index contributed by atoms with van der Waals surface area (Å²) in [5.74, 6) is 0.766. The zero-order valence-corrected chi connectivity index (χ0v) is 12.3. The molecule has 2 aromatic heterocycles. The largest absolute Gasteiger partial charge is 0.497 e. The molecule has 0 aliphatic carbocycles. The molecule has 2 N–H and O–H groups in total. The van der Waals surface area contributed by atoms with Crippen molar-refractivity contribution in [2.24, 2.45) is 0 Å². The Kier molecular flexibility index (Phi) is 4.05. The molecule has 5 heteroatoms. The maximum atomic E-state index is 12.1. The van der Waals surface area contributed by atoms with E-state index in [1.807, 2.05) is 42.6 Å². The summed E-state index contributed by atoms with van der Waals surface area (Å²) in [6, 6.07) is 11.5. The number of ether oxygens (including phenoxy) is 1. The summed E-state index contributed by atoms with van der Waals surface area (Å²) in [7, 11) is 1.63. The molecule has 22 heavy (non-hydrogen) atoms. The predicted octanol–water partition coefficient (Wildman–Crippen LogP) is 2.43. The van der Waals surface area contributed by atoms with Crippen LogP contribution in [0.5, 0.6) is 5.75 Å². The first-order valence-electron chi connectivity index (χ1n) is 7.07. The van der Waals surface area contributed by atoms with E-state index in [-0.39, 0.29) is 5.91 Å². The average molecular weight is 295 g/mol. The number of carbonyl (C=O) groups excluding carboxylic acids is 1. The molecule has 0 unspecified atom stereocenters. The van der Waals surface area contributed by atoms with Gasteiger partial charge in [-0.25, -0.2) is 4.98 Å². The number of carbonyl (C=O) groups is 1. The number of fused-ring (bicyclic) bond motifs is 1. The van der Waals surface area contributed by atoms with Crippen LogP contribution >= 0.6 is 0 Å². The van der Waals surface area contributed by atoms with E-state index in [0.717, 1.165) is 27.9 Å². The van der Waals surface area contributed by atoms with E-state index >= 15 is 0 Å². The molecular formula is C17H17N3O2. The van der Waals surface area contributed by atoms with Gasteiger partial charge in [-0.05, 0) is 35.4 Å². The molecule has 1 aromatic carbocycles. The standard InChI is InChI=1S/C17H17N3O2/c1-22-14-5-2-4-12(8-14)10-19-16(21)9-13-11-20-17-15(13)6-3-7-18-17/h2-8,11H,9-10H2,1H3,(H,18,20)(H,19,21). The van der Waals surface area contributed by atoms with Crippen LogP contribution in [0.2, 0.25) is 0 Å². The van der Waals surface area contributed by atoms with Crippen molar-refractivity contribution in [3.05, 3.63) is 59.9 Å². The number of aromatic amines is 1. The topological polar surface area (TPSA) is 67.0 Å². The number of H-pyrrole nitrogens is 1. The monoisotopic (exact) mass is 295 g/mol. The molecule has 3 aromatic rings. The second-order valence-corrected chi connectivity index (χ2v) is 5.02. The molecule has 0 aliphatic rings. The van der Waals surface area contributed by atoms with Gasteiger partial charge in [0.1, 0.15) is 11.4 Å². The molecule has 0 radical (unpaired) electrons. The number of methoxy groups -OCH3 is 1. The minimum atomic E-state index is -0.0208. The highest BCUT2D eigenvalue weighted by Gasteiger charge is 2.09. The zero-order valence-electron chi connectivity index (χ0n) is 12.3. The van der Waals surface area contributed by atoms with Crippen LogP contribution in [-0.4, -0.2) is 23.0 Å². The SMILES string of the molecule is COc1cccc(CNC(=O)Cc2c[nH]c3ncccc23)c1. The van der Waals surface area contributed by atoms with E-state index in [4.69, 9.17) is 4.74 Å². The Hall–Kier alpha value is -2.82. The third-order valence-corrected chi connectivity index (χ3v) is 3.51. The Balaban J connectivity index is 1.63. The summed E-state index contributed by atoms with van der Waals surface area (Å²) in [5.41, 5.74) is 2.76. The summed E-state index contributed by atoms with van der Waals surface area (Å²) in [4.78, 5) is 19.4. The Morgan fingerprint density at radius 2 is 2.23 bits per heavy atom. The highest BCUT2D eigenvalue weighted by atomic mass is 16.5. The molecule has 5 nitrogen and oxygen atoms in total. The molecule has 0 atom stereocenters.